The highest BCUT2D eigenvalue weighted by Crippen LogP contribution is 2.28. The van der Waals surface area contributed by atoms with Gasteiger partial charge in [-0.2, -0.15) is 0 Å². The minimum absolute atomic E-state index is 0.0480. The summed E-state index contributed by atoms with van der Waals surface area (Å²) in [5.41, 5.74) is 0.908. The van der Waals surface area contributed by atoms with Gasteiger partial charge < -0.3 is 14.7 Å². The van der Waals surface area contributed by atoms with Gasteiger partial charge in [0, 0.05) is 19.2 Å². The second-order valence-electron chi connectivity index (χ2n) is 5.48. The zero-order valence-electron chi connectivity index (χ0n) is 11.8. The molecule has 1 saturated carbocycles. The molecule has 0 aliphatic heterocycles. The largest absolute Gasteiger partial charge is 0.496 e. The van der Waals surface area contributed by atoms with Crippen molar-refractivity contribution in [1.29, 1.82) is 0 Å². The molecule has 2 rings (SSSR count). The Kier molecular flexibility index (Phi) is 4.57. The van der Waals surface area contributed by atoms with Crippen molar-refractivity contribution in [2.75, 3.05) is 20.7 Å². The Morgan fingerprint density at radius 3 is 2.70 bits per heavy atom. The number of nitro groups is 1. The van der Waals surface area contributed by atoms with E-state index in [9.17, 15) is 15.2 Å². The molecule has 1 aromatic carbocycles. The molecule has 0 amide bonds. The summed E-state index contributed by atoms with van der Waals surface area (Å²) in [6.45, 7) is 1.52. The van der Waals surface area contributed by atoms with Crippen LogP contribution in [0.5, 0.6) is 5.75 Å². The van der Waals surface area contributed by atoms with Crippen LogP contribution < -0.4 is 4.74 Å². The van der Waals surface area contributed by atoms with E-state index in [1.807, 2.05) is 13.1 Å². The van der Waals surface area contributed by atoms with Gasteiger partial charge in [-0.15, -0.1) is 0 Å². The fourth-order valence-electron chi connectivity index (χ4n) is 2.62. The van der Waals surface area contributed by atoms with Crippen LogP contribution in [0.3, 0.4) is 0 Å². The van der Waals surface area contributed by atoms with Gasteiger partial charge in [0.2, 0.25) is 0 Å². The molecule has 20 heavy (non-hydrogen) atoms. The van der Waals surface area contributed by atoms with Crippen LogP contribution in [0.25, 0.3) is 0 Å². The minimum Gasteiger partial charge on any atom is -0.496 e. The zero-order chi connectivity index (χ0) is 14.7. The van der Waals surface area contributed by atoms with Gasteiger partial charge in [0.1, 0.15) is 5.75 Å². The van der Waals surface area contributed by atoms with E-state index in [4.69, 9.17) is 4.74 Å². The molecule has 1 fully saturated rings. The molecule has 0 aromatic heterocycles. The van der Waals surface area contributed by atoms with Crippen LogP contribution in [0, 0.1) is 16.0 Å². The number of non-ortho nitro benzene ring substituents is 1. The number of hydrogen-bond acceptors (Lipinski definition) is 5. The number of aliphatic hydroxyl groups excluding tert-OH is 1. The summed E-state index contributed by atoms with van der Waals surface area (Å²) in [6.07, 6.45) is 1.55. The molecule has 0 heterocycles. The van der Waals surface area contributed by atoms with Crippen LogP contribution in [-0.2, 0) is 6.54 Å². The standard InChI is InChI=1S/C14H20N2O4/c1-15(9-11-4-13(17)5-11)8-10-3-12(16(18)19)7-14(6-10)20-2/h3,6-7,11,13,17H,4-5,8-9H2,1-2H3. The molecule has 1 aliphatic rings. The normalized spacial score (nSPS) is 21.6. The van der Waals surface area contributed by atoms with Crippen LogP contribution in [-0.4, -0.2) is 41.7 Å². The average molecular weight is 280 g/mol. The molecule has 0 unspecified atom stereocenters. The predicted molar refractivity (Wildman–Crippen MR) is 74.7 cm³/mol. The Labute approximate surface area is 118 Å². The number of methoxy groups -OCH3 is 1. The molecule has 0 atom stereocenters. The molecule has 1 aliphatic carbocycles. The summed E-state index contributed by atoms with van der Waals surface area (Å²) in [7, 11) is 3.48. The fourth-order valence-corrected chi connectivity index (χ4v) is 2.62. The van der Waals surface area contributed by atoms with Crippen LogP contribution in [0.15, 0.2) is 18.2 Å². The monoisotopic (exact) mass is 280 g/mol. The quantitative estimate of drug-likeness (QED) is 0.635. The Morgan fingerprint density at radius 1 is 1.45 bits per heavy atom. The second-order valence-corrected chi connectivity index (χ2v) is 5.48. The SMILES string of the molecule is COc1cc(CN(C)CC2CC(O)C2)cc([N+](=O)[O-])c1. The maximum Gasteiger partial charge on any atom is 0.273 e. The van der Waals surface area contributed by atoms with E-state index >= 15 is 0 Å². The number of hydrogen-bond donors (Lipinski definition) is 1. The van der Waals surface area contributed by atoms with Crippen LogP contribution in [0.4, 0.5) is 5.69 Å². The first-order valence-corrected chi connectivity index (χ1v) is 6.67. The van der Waals surface area contributed by atoms with E-state index in [2.05, 4.69) is 4.90 Å². The zero-order valence-corrected chi connectivity index (χ0v) is 11.8. The predicted octanol–water partition coefficient (Wildman–Crippen LogP) is 1.81. The van der Waals surface area contributed by atoms with Crippen molar-refractivity contribution in [3.05, 3.63) is 33.9 Å². The van der Waals surface area contributed by atoms with Crippen molar-refractivity contribution in [3.63, 3.8) is 0 Å². The summed E-state index contributed by atoms with van der Waals surface area (Å²) in [6, 6.07) is 4.82. The highest BCUT2D eigenvalue weighted by Gasteiger charge is 2.27. The third-order valence-corrected chi connectivity index (χ3v) is 3.63. The lowest BCUT2D eigenvalue weighted by molar-refractivity contribution is -0.385. The topological polar surface area (TPSA) is 75.8 Å². The van der Waals surface area contributed by atoms with Gasteiger partial charge >= 0.3 is 0 Å². The Hall–Kier alpha value is -1.66. The van der Waals surface area contributed by atoms with Crippen molar-refractivity contribution >= 4 is 5.69 Å². The van der Waals surface area contributed by atoms with Crippen LogP contribution >= 0.6 is 0 Å². The molecule has 110 valence electrons. The fraction of sp³-hybridized carbons (Fsp3) is 0.571. The molecule has 1 aromatic rings. The van der Waals surface area contributed by atoms with Crippen molar-refractivity contribution in [2.24, 2.45) is 5.92 Å². The van der Waals surface area contributed by atoms with Gasteiger partial charge in [-0.25, -0.2) is 0 Å². The molecule has 0 spiro atoms. The number of ether oxygens (including phenoxy) is 1. The van der Waals surface area contributed by atoms with E-state index in [0.29, 0.717) is 18.2 Å². The van der Waals surface area contributed by atoms with Crippen molar-refractivity contribution in [3.8, 4) is 5.75 Å². The molecule has 6 heteroatoms. The first kappa shape index (κ1) is 14.7. The lowest BCUT2D eigenvalue weighted by atomic mass is 9.82. The van der Waals surface area contributed by atoms with Gasteiger partial charge in [0.15, 0.2) is 0 Å². The van der Waals surface area contributed by atoms with E-state index in [-0.39, 0.29) is 11.8 Å². The van der Waals surface area contributed by atoms with Gasteiger partial charge in [0.25, 0.3) is 5.69 Å². The van der Waals surface area contributed by atoms with Gasteiger partial charge in [-0.05, 0) is 37.4 Å². The molecular weight excluding hydrogens is 260 g/mol. The maximum absolute atomic E-state index is 10.9. The number of nitrogens with zero attached hydrogens (tertiary/aromatic N) is 2. The van der Waals surface area contributed by atoms with Crippen molar-refractivity contribution in [1.82, 2.24) is 4.90 Å². The molecule has 0 radical (unpaired) electrons. The Morgan fingerprint density at radius 2 is 2.15 bits per heavy atom. The first-order valence-electron chi connectivity index (χ1n) is 6.67. The summed E-state index contributed by atoms with van der Waals surface area (Å²) in [4.78, 5) is 12.6. The smallest absolute Gasteiger partial charge is 0.273 e. The van der Waals surface area contributed by atoms with Crippen LogP contribution in [0.2, 0.25) is 0 Å². The molecule has 0 saturated heterocycles. The molecule has 6 nitrogen and oxygen atoms in total. The minimum atomic E-state index is -0.408. The van der Waals surface area contributed by atoms with Crippen molar-refractivity contribution < 1.29 is 14.8 Å². The Bertz CT molecular complexity index is 486. The van der Waals surface area contributed by atoms with Gasteiger partial charge in [0.05, 0.1) is 24.2 Å². The number of aliphatic hydroxyl groups is 1. The average Bonchev–Trinajstić information content (AvgIpc) is 2.36. The van der Waals surface area contributed by atoms with E-state index in [0.717, 1.165) is 24.9 Å². The maximum atomic E-state index is 10.9. The summed E-state index contributed by atoms with van der Waals surface area (Å²) < 4.78 is 5.10. The third kappa shape index (κ3) is 3.68. The lowest BCUT2D eigenvalue weighted by Gasteiger charge is -2.34. The number of nitro benzene ring substituents is 1. The molecule has 0 bridgehead atoms. The summed E-state index contributed by atoms with van der Waals surface area (Å²) >= 11 is 0. The summed E-state index contributed by atoms with van der Waals surface area (Å²) in [5, 5.41) is 20.2. The summed E-state index contributed by atoms with van der Waals surface area (Å²) in [5.74, 6) is 1.03. The van der Waals surface area contributed by atoms with Crippen LogP contribution in [0.1, 0.15) is 18.4 Å². The first-order chi connectivity index (χ1) is 9.47. The van der Waals surface area contributed by atoms with Crippen molar-refractivity contribution in [2.45, 2.75) is 25.5 Å². The number of rotatable bonds is 6. The second kappa shape index (κ2) is 6.19. The third-order valence-electron chi connectivity index (χ3n) is 3.63. The van der Waals surface area contributed by atoms with Gasteiger partial charge in [-0.1, -0.05) is 0 Å². The molecular formula is C14H20N2O4. The van der Waals surface area contributed by atoms with Gasteiger partial charge in [-0.3, -0.25) is 10.1 Å². The van der Waals surface area contributed by atoms with E-state index in [1.54, 1.807) is 6.07 Å². The highest BCUT2D eigenvalue weighted by molar-refractivity contribution is 5.42. The van der Waals surface area contributed by atoms with E-state index < -0.39 is 4.92 Å². The van der Waals surface area contributed by atoms with E-state index in [1.165, 1.54) is 13.2 Å². The highest BCUT2D eigenvalue weighted by atomic mass is 16.6. The lowest BCUT2D eigenvalue weighted by Crippen LogP contribution is -2.36. The Balaban J connectivity index is 2.00. The molecule has 1 N–H and O–H groups in total. The number of benzene rings is 1.